The van der Waals surface area contributed by atoms with Crippen LogP contribution in [0.1, 0.15) is 12.8 Å². The first-order valence-corrected chi connectivity index (χ1v) is 7.49. The number of ether oxygens (including phenoxy) is 2. The molecule has 108 valence electrons. The Morgan fingerprint density at radius 2 is 1.76 bits per heavy atom. The van der Waals surface area contributed by atoms with Gasteiger partial charge in [0.1, 0.15) is 17.6 Å². The van der Waals surface area contributed by atoms with Crippen LogP contribution in [-0.4, -0.2) is 26.3 Å². The van der Waals surface area contributed by atoms with Crippen LogP contribution in [0.15, 0.2) is 47.5 Å². The molecule has 1 aliphatic carbocycles. The summed E-state index contributed by atoms with van der Waals surface area (Å²) in [6.45, 7) is 2.04. The Kier molecular flexibility index (Phi) is 3.08. The molecule has 1 aliphatic heterocycles. The SMILES string of the molecule is COc1ccc2cc(O[C@H]3CCC4=C3CNC4)ccc2c1. The maximum absolute atomic E-state index is 6.22. The second-order valence-corrected chi connectivity index (χ2v) is 5.75. The standard InChI is InChI=1S/C18H19NO2/c1-20-15-5-2-13-9-16(6-3-12(13)8-15)21-18-7-4-14-10-19-11-17(14)18/h2-3,5-6,8-9,18-19H,4,7,10-11H2,1H3/t18-/m0/s1. The molecule has 21 heavy (non-hydrogen) atoms. The van der Waals surface area contributed by atoms with E-state index in [1.165, 1.54) is 22.8 Å². The smallest absolute Gasteiger partial charge is 0.122 e. The van der Waals surface area contributed by atoms with Crippen LogP contribution in [0.2, 0.25) is 0 Å². The lowest BCUT2D eigenvalue weighted by Gasteiger charge is -2.17. The highest BCUT2D eigenvalue weighted by Crippen LogP contribution is 2.33. The van der Waals surface area contributed by atoms with Gasteiger partial charge in [0.15, 0.2) is 0 Å². The van der Waals surface area contributed by atoms with E-state index >= 15 is 0 Å². The minimum absolute atomic E-state index is 0.255. The predicted octanol–water partition coefficient (Wildman–Crippen LogP) is 3.29. The third kappa shape index (κ3) is 2.28. The fraction of sp³-hybridized carbons (Fsp3) is 0.333. The molecule has 2 aliphatic rings. The first-order valence-electron chi connectivity index (χ1n) is 7.49. The largest absolute Gasteiger partial charge is 0.497 e. The van der Waals surface area contributed by atoms with Gasteiger partial charge in [0, 0.05) is 13.1 Å². The fourth-order valence-electron chi connectivity index (χ4n) is 3.35. The number of rotatable bonds is 3. The van der Waals surface area contributed by atoms with Crippen LogP contribution in [0.5, 0.6) is 11.5 Å². The lowest BCUT2D eigenvalue weighted by atomic mass is 10.1. The minimum atomic E-state index is 0.255. The average molecular weight is 281 g/mol. The van der Waals surface area contributed by atoms with Crippen molar-refractivity contribution in [2.45, 2.75) is 18.9 Å². The van der Waals surface area contributed by atoms with Crippen LogP contribution >= 0.6 is 0 Å². The van der Waals surface area contributed by atoms with E-state index in [1.807, 2.05) is 6.07 Å². The molecule has 0 spiro atoms. The number of fused-ring (bicyclic) bond motifs is 1. The summed E-state index contributed by atoms with van der Waals surface area (Å²) in [5, 5.41) is 5.78. The van der Waals surface area contributed by atoms with Gasteiger partial charge in [-0.15, -0.1) is 0 Å². The maximum Gasteiger partial charge on any atom is 0.122 e. The van der Waals surface area contributed by atoms with Crippen molar-refractivity contribution in [3.05, 3.63) is 47.5 Å². The quantitative estimate of drug-likeness (QED) is 0.876. The number of methoxy groups -OCH3 is 1. The van der Waals surface area contributed by atoms with Crippen LogP contribution in [0.25, 0.3) is 10.8 Å². The lowest BCUT2D eigenvalue weighted by molar-refractivity contribution is 0.235. The van der Waals surface area contributed by atoms with Gasteiger partial charge in [-0.3, -0.25) is 0 Å². The Hall–Kier alpha value is -2.00. The van der Waals surface area contributed by atoms with Crippen molar-refractivity contribution in [2.75, 3.05) is 20.2 Å². The van der Waals surface area contributed by atoms with Crippen molar-refractivity contribution in [3.63, 3.8) is 0 Å². The molecule has 1 atom stereocenters. The Balaban J connectivity index is 1.60. The summed E-state index contributed by atoms with van der Waals surface area (Å²) < 4.78 is 11.5. The molecule has 4 rings (SSSR count). The number of benzene rings is 2. The van der Waals surface area contributed by atoms with Crippen molar-refractivity contribution >= 4 is 10.8 Å². The second-order valence-electron chi connectivity index (χ2n) is 5.75. The molecule has 3 heteroatoms. The van der Waals surface area contributed by atoms with Crippen LogP contribution in [0.4, 0.5) is 0 Å². The maximum atomic E-state index is 6.22. The van der Waals surface area contributed by atoms with E-state index in [0.717, 1.165) is 31.0 Å². The van der Waals surface area contributed by atoms with Gasteiger partial charge < -0.3 is 14.8 Å². The molecule has 0 aromatic heterocycles. The molecule has 3 nitrogen and oxygen atoms in total. The summed E-state index contributed by atoms with van der Waals surface area (Å²) in [5.74, 6) is 1.84. The van der Waals surface area contributed by atoms with Crippen LogP contribution in [0, 0.1) is 0 Å². The third-order valence-electron chi connectivity index (χ3n) is 4.50. The zero-order chi connectivity index (χ0) is 14.2. The molecule has 1 heterocycles. The second kappa shape index (κ2) is 5.08. The average Bonchev–Trinajstić information content (AvgIpc) is 3.12. The van der Waals surface area contributed by atoms with Gasteiger partial charge in [0.05, 0.1) is 7.11 Å². The molecule has 0 saturated carbocycles. The minimum Gasteiger partial charge on any atom is -0.497 e. The first kappa shape index (κ1) is 12.7. The number of hydrogen-bond acceptors (Lipinski definition) is 3. The summed E-state index contributed by atoms with van der Waals surface area (Å²) in [6, 6.07) is 12.4. The van der Waals surface area contributed by atoms with Gasteiger partial charge in [0.2, 0.25) is 0 Å². The Morgan fingerprint density at radius 1 is 1.00 bits per heavy atom. The predicted molar refractivity (Wildman–Crippen MR) is 84.0 cm³/mol. The van der Waals surface area contributed by atoms with E-state index in [-0.39, 0.29) is 6.10 Å². The Morgan fingerprint density at radius 3 is 2.57 bits per heavy atom. The molecule has 0 fully saturated rings. The highest BCUT2D eigenvalue weighted by molar-refractivity contribution is 5.85. The van der Waals surface area contributed by atoms with Crippen molar-refractivity contribution in [2.24, 2.45) is 0 Å². The topological polar surface area (TPSA) is 30.5 Å². The van der Waals surface area contributed by atoms with Gasteiger partial charge >= 0.3 is 0 Å². The van der Waals surface area contributed by atoms with Gasteiger partial charge in [-0.1, -0.05) is 17.7 Å². The van der Waals surface area contributed by atoms with Crippen LogP contribution in [-0.2, 0) is 0 Å². The Labute approximate surface area is 124 Å². The summed E-state index contributed by atoms with van der Waals surface area (Å²) in [5.41, 5.74) is 3.04. The molecular formula is C18H19NO2. The molecule has 0 radical (unpaired) electrons. The van der Waals surface area contributed by atoms with E-state index in [0.29, 0.717) is 0 Å². The molecule has 0 amide bonds. The van der Waals surface area contributed by atoms with Crippen molar-refractivity contribution in [3.8, 4) is 11.5 Å². The molecule has 2 aromatic rings. The fourth-order valence-corrected chi connectivity index (χ4v) is 3.35. The van der Waals surface area contributed by atoms with Crippen molar-refractivity contribution in [1.29, 1.82) is 0 Å². The zero-order valence-electron chi connectivity index (χ0n) is 12.2. The first-order chi connectivity index (χ1) is 10.3. The molecule has 0 saturated heterocycles. The number of hydrogen-bond donors (Lipinski definition) is 1. The summed E-state index contributed by atoms with van der Waals surface area (Å²) >= 11 is 0. The zero-order valence-corrected chi connectivity index (χ0v) is 12.2. The van der Waals surface area contributed by atoms with Gasteiger partial charge in [-0.05, 0) is 53.5 Å². The molecule has 2 aromatic carbocycles. The highest BCUT2D eigenvalue weighted by atomic mass is 16.5. The summed E-state index contributed by atoms with van der Waals surface area (Å²) in [4.78, 5) is 0. The van der Waals surface area contributed by atoms with Gasteiger partial charge in [-0.2, -0.15) is 0 Å². The van der Waals surface area contributed by atoms with E-state index in [9.17, 15) is 0 Å². The lowest BCUT2D eigenvalue weighted by Crippen LogP contribution is -2.21. The monoisotopic (exact) mass is 281 g/mol. The van der Waals surface area contributed by atoms with Gasteiger partial charge in [0.25, 0.3) is 0 Å². The normalized spacial score (nSPS) is 20.9. The highest BCUT2D eigenvalue weighted by Gasteiger charge is 2.29. The van der Waals surface area contributed by atoms with E-state index in [2.05, 4.69) is 35.6 Å². The Bertz CT molecular complexity index is 720. The van der Waals surface area contributed by atoms with Crippen LogP contribution in [0.3, 0.4) is 0 Å². The summed E-state index contributed by atoms with van der Waals surface area (Å²) in [6.07, 6.45) is 2.55. The van der Waals surface area contributed by atoms with Crippen LogP contribution < -0.4 is 14.8 Å². The van der Waals surface area contributed by atoms with Crippen molar-refractivity contribution in [1.82, 2.24) is 5.32 Å². The van der Waals surface area contributed by atoms with E-state index in [1.54, 1.807) is 12.7 Å². The molecule has 0 unspecified atom stereocenters. The molecule has 0 bridgehead atoms. The number of nitrogens with one attached hydrogen (secondary N) is 1. The van der Waals surface area contributed by atoms with E-state index < -0.39 is 0 Å². The third-order valence-corrected chi connectivity index (χ3v) is 4.50. The molecule has 1 N–H and O–H groups in total. The summed E-state index contributed by atoms with van der Waals surface area (Å²) in [7, 11) is 1.69. The molecular weight excluding hydrogens is 262 g/mol. The van der Waals surface area contributed by atoms with Gasteiger partial charge in [-0.25, -0.2) is 0 Å². The van der Waals surface area contributed by atoms with E-state index in [4.69, 9.17) is 9.47 Å². The van der Waals surface area contributed by atoms with Crippen molar-refractivity contribution < 1.29 is 9.47 Å².